The van der Waals surface area contributed by atoms with Crippen molar-refractivity contribution in [2.24, 2.45) is 0 Å². The van der Waals surface area contributed by atoms with Crippen LogP contribution in [-0.2, 0) is 34.5 Å². The van der Waals surface area contributed by atoms with Gasteiger partial charge in [-0.05, 0) is 0 Å². The molecule has 6 nitrogen and oxygen atoms in total. The predicted octanol–water partition coefficient (Wildman–Crippen LogP) is -1.33. The summed E-state index contributed by atoms with van der Waals surface area (Å²) in [5.74, 6) is 0. The first-order chi connectivity index (χ1) is 5.04. The van der Waals surface area contributed by atoms with E-state index in [1.165, 1.54) is 6.08 Å². The Bertz CT molecular complexity index is 138. The summed E-state index contributed by atoms with van der Waals surface area (Å²) in [5.41, 5.74) is 0. The van der Waals surface area contributed by atoms with Crippen molar-refractivity contribution in [1.82, 2.24) is 0 Å². The summed E-state index contributed by atoms with van der Waals surface area (Å²) in [4.78, 5) is 18.6. The predicted molar refractivity (Wildman–Crippen MR) is 36.4 cm³/mol. The summed E-state index contributed by atoms with van der Waals surface area (Å²) in [6, 6.07) is 0. The topological polar surface area (TPSA) is 110 Å². The van der Waals surface area contributed by atoms with Crippen LogP contribution in [0, 0.1) is 0 Å². The van der Waals surface area contributed by atoms with Crippen molar-refractivity contribution < 1.29 is 49.4 Å². The van der Waals surface area contributed by atoms with E-state index in [0.29, 0.717) is 0 Å². The van der Waals surface area contributed by atoms with Gasteiger partial charge < -0.3 is 24.0 Å². The van der Waals surface area contributed by atoms with E-state index in [0.717, 1.165) is 0 Å². The minimum atomic E-state index is -3.51. The summed E-state index contributed by atoms with van der Waals surface area (Å²) >= 11 is 0. The Kier molecular flexibility index (Phi) is 22.0. The van der Waals surface area contributed by atoms with Gasteiger partial charge in [-0.15, -0.1) is 6.58 Å². The molecular formula is C3H8O6P2Pt. The maximum absolute atomic E-state index is 9.29. The van der Waals surface area contributed by atoms with Gasteiger partial charge in [0.05, 0.1) is 6.61 Å². The van der Waals surface area contributed by atoms with Gasteiger partial charge in [0.1, 0.15) is 16.5 Å². The van der Waals surface area contributed by atoms with Crippen molar-refractivity contribution in [2.75, 3.05) is 6.61 Å². The number of hydrogen-bond donors (Lipinski definition) is 1. The van der Waals surface area contributed by atoms with Crippen LogP contribution in [0.5, 0.6) is 0 Å². The smallest absolute Gasteiger partial charge is 0.781 e. The molecule has 9 heteroatoms. The quantitative estimate of drug-likeness (QED) is 0.467. The normalized spacial score (nSPS) is 12.9. The first-order valence-corrected chi connectivity index (χ1v) is 4.81. The average molecular weight is 397 g/mol. The molecule has 0 spiro atoms. The van der Waals surface area contributed by atoms with Crippen LogP contribution in [0.2, 0.25) is 0 Å². The summed E-state index contributed by atoms with van der Waals surface area (Å²) in [5, 5.41) is 7.76. The molecule has 0 bridgehead atoms. The number of rotatable bonds is 3. The summed E-state index contributed by atoms with van der Waals surface area (Å²) in [6.07, 6.45) is 1.43. The van der Waals surface area contributed by atoms with Crippen LogP contribution < -0.4 is 9.79 Å². The number of aliphatic hydroxyl groups is 1. The van der Waals surface area contributed by atoms with E-state index in [1.54, 1.807) is 0 Å². The van der Waals surface area contributed by atoms with Crippen molar-refractivity contribution in [3.63, 3.8) is 0 Å². The van der Waals surface area contributed by atoms with Crippen LogP contribution >= 0.6 is 16.5 Å². The molecule has 0 aliphatic rings. The monoisotopic (exact) mass is 397 g/mol. The molecule has 0 saturated carbocycles. The van der Waals surface area contributed by atoms with Gasteiger partial charge in [0.2, 0.25) is 0 Å². The number of aliphatic hydroxyl groups excluding tert-OH is 1. The third kappa shape index (κ3) is 30.9. The third-order valence-electron chi connectivity index (χ3n) is 0.296. The first kappa shape index (κ1) is 18.5. The minimum Gasteiger partial charge on any atom is -0.781 e. The second kappa shape index (κ2) is 14.3. The Morgan fingerprint density at radius 1 is 1.42 bits per heavy atom. The van der Waals surface area contributed by atoms with E-state index in [2.05, 4.69) is 10.9 Å². The van der Waals surface area contributed by atoms with Crippen molar-refractivity contribution in [2.45, 2.75) is 0 Å². The minimum absolute atomic E-state index is 0. The van der Waals surface area contributed by atoms with Crippen LogP contribution in [0.3, 0.4) is 0 Å². The van der Waals surface area contributed by atoms with E-state index < -0.39 is 16.5 Å². The Morgan fingerprint density at radius 3 is 1.67 bits per heavy atom. The molecule has 0 fully saturated rings. The second-order valence-corrected chi connectivity index (χ2v) is 2.89. The summed E-state index contributed by atoms with van der Waals surface area (Å²) in [7, 11) is -7.03. The number of hydrogen-bond acceptors (Lipinski definition) is 6. The molecule has 0 aromatic heterocycles. The molecule has 0 amide bonds. The zero-order valence-electron chi connectivity index (χ0n) is 5.80. The molecule has 0 radical (unpaired) electrons. The van der Waals surface area contributed by atoms with Crippen molar-refractivity contribution in [3.8, 4) is 0 Å². The molecule has 76 valence electrons. The Morgan fingerprint density at radius 2 is 1.67 bits per heavy atom. The van der Waals surface area contributed by atoms with Gasteiger partial charge in [-0.1, -0.05) is 6.08 Å². The van der Waals surface area contributed by atoms with Crippen LogP contribution in [0.4, 0.5) is 0 Å². The van der Waals surface area contributed by atoms with Crippen LogP contribution in [0.15, 0.2) is 12.7 Å². The molecule has 2 unspecified atom stereocenters. The maximum atomic E-state index is 9.29. The fraction of sp³-hybridized carbons (Fsp3) is 0.333. The van der Waals surface area contributed by atoms with Crippen LogP contribution in [-0.4, -0.2) is 11.7 Å². The van der Waals surface area contributed by atoms with E-state index in [9.17, 15) is 18.9 Å². The molecule has 0 aromatic rings. The maximum Gasteiger partial charge on any atom is 2.00 e. The van der Waals surface area contributed by atoms with Gasteiger partial charge in [-0.3, -0.25) is 4.31 Å². The first-order valence-electron chi connectivity index (χ1n) is 2.36. The van der Waals surface area contributed by atoms with Crippen molar-refractivity contribution >= 4 is 16.5 Å². The SMILES string of the molecule is C=CCO.O=[PH]([O-])O[PH](=O)[O-].[Pt+2]. The van der Waals surface area contributed by atoms with Gasteiger partial charge >= 0.3 is 21.1 Å². The average Bonchev–Trinajstić information content (AvgIpc) is 1.85. The molecule has 1 N–H and O–H groups in total. The van der Waals surface area contributed by atoms with E-state index in [4.69, 9.17) is 5.11 Å². The van der Waals surface area contributed by atoms with Gasteiger partial charge in [0, 0.05) is 0 Å². The van der Waals surface area contributed by atoms with Gasteiger partial charge in [0.15, 0.2) is 0 Å². The summed E-state index contributed by atoms with van der Waals surface area (Å²) in [6.45, 7) is 3.31. The van der Waals surface area contributed by atoms with Crippen molar-refractivity contribution in [3.05, 3.63) is 12.7 Å². The fourth-order valence-electron chi connectivity index (χ4n) is 0.0680. The molecular weight excluding hydrogens is 389 g/mol. The molecule has 0 saturated heterocycles. The molecule has 12 heavy (non-hydrogen) atoms. The van der Waals surface area contributed by atoms with Gasteiger partial charge in [-0.25, -0.2) is 0 Å². The van der Waals surface area contributed by atoms with Crippen molar-refractivity contribution in [1.29, 1.82) is 0 Å². The molecule has 0 heterocycles. The van der Waals surface area contributed by atoms with E-state index in [1.807, 2.05) is 0 Å². The Balaban J connectivity index is -0.000000142. The molecule has 0 aromatic carbocycles. The Hall–Kier alpha value is 0.728. The molecule has 0 aliphatic carbocycles. The molecule has 0 aliphatic heterocycles. The van der Waals surface area contributed by atoms with E-state index in [-0.39, 0.29) is 27.7 Å². The van der Waals surface area contributed by atoms with Crippen LogP contribution in [0.25, 0.3) is 0 Å². The standard InChI is InChI=1S/C3H6O.H4O5P2.Pt/c1-2-3-4;1-6(2)5-7(3)4;/h2,4H,1,3H2;6-7H,(H,1,2)(H,3,4);/q;;+2/p-2. The third-order valence-corrected chi connectivity index (χ3v) is 1.63. The van der Waals surface area contributed by atoms with Gasteiger partial charge in [-0.2, -0.15) is 0 Å². The van der Waals surface area contributed by atoms with Gasteiger partial charge in [0.25, 0.3) is 0 Å². The van der Waals surface area contributed by atoms with E-state index >= 15 is 0 Å². The van der Waals surface area contributed by atoms with Crippen LogP contribution in [0.1, 0.15) is 0 Å². The second-order valence-electron chi connectivity index (χ2n) is 1.07. The largest absolute Gasteiger partial charge is 2.00 e. The summed E-state index contributed by atoms with van der Waals surface area (Å²) < 4.78 is 21.8. The zero-order valence-corrected chi connectivity index (χ0v) is 10.1. The molecule has 2 atom stereocenters. The Labute approximate surface area is 85.4 Å². The molecule has 0 rings (SSSR count). The fourth-order valence-corrected chi connectivity index (χ4v) is 0.612. The zero-order chi connectivity index (χ0) is 9.28.